The van der Waals surface area contributed by atoms with Crippen molar-refractivity contribution in [3.63, 3.8) is 0 Å². The summed E-state index contributed by atoms with van der Waals surface area (Å²) in [6, 6.07) is -0.190. The standard InChI is InChI=1S/C7H6N4O.C5H6N2O2.CH4/c12-7(10-3-1-8-5-10)11-4-2-9-6-11;1-9-5(8)7-3-2-6-4-7;/h1-6H;2-4H,1H3;1H4. The summed E-state index contributed by atoms with van der Waals surface area (Å²) in [5, 5.41) is 0. The number of rotatable bonds is 0. The van der Waals surface area contributed by atoms with Gasteiger partial charge in [-0.15, -0.1) is 0 Å². The molecule has 0 spiro atoms. The van der Waals surface area contributed by atoms with E-state index in [4.69, 9.17) is 0 Å². The van der Waals surface area contributed by atoms with E-state index in [0.29, 0.717) is 0 Å². The molecule has 0 atom stereocenters. The summed E-state index contributed by atoms with van der Waals surface area (Å²) in [4.78, 5) is 33.2. The number of hydrogen-bond donors (Lipinski definition) is 0. The molecule has 0 radical (unpaired) electrons. The molecule has 9 nitrogen and oxygen atoms in total. The first kappa shape index (κ1) is 16.8. The quantitative estimate of drug-likeness (QED) is 0.627. The molecular weight excluding hydrogens is 288 g/mol. The monoisotopic (exact) mass is 304 g/mol. The Morgan fingerprint density at radius 3 is 1.55 bits per heavy atom. The van der Waals surface area contributed by atoms with Crippen LogP contribution in [0.15, 0.2) is 56.2 Å². The number of carbonyl (C=O) groups excluding carboxylic acids is 2. The molecule has 9 heteroatoms. The van der Waals surface area contributed by atoms with Gasteiger partial charge in [-0.05, 0) is 0 Å². The van der Waals surface area contributed by atoms with Gasteiger partial charge in [-0.25, -0.2) is 29.1 Å². The third-order valence-electron chi connectivity index (χ3n) is 2.34. The Bertz CT molecular complexity index is 637. The van der Waals surface area contributed by atoms with Crippen molar-refractivity contribution in [2.45, 2.75) is 7.43 Å². The van der Waals surface area contributed by atoms with Gasteiger partial charge in [0.15, 0.2) is 0 Å². The molecule has 0 aliphatic carbocycles. The highest BCUT2D eigenvalue weighted by atomic mass is 16.5. The minimum atomic E-state index is -0.424. The van der Waals surface area contributed by atoms with Crippen LogP contribution >= 0.6 is 0 Å². The minimum Gasteiger partial charge on any atom is -0.452 e. The highest BCUT2D eigenvalue weighted by molar-refractivity contribution is 5.78. The van der Waals surface area contributed by atoms with Crippen LogP contribution in [0, 0.1) is 0 Å². The lowest BCUT2D eigenvalue weighted by Crippen LogP contribution is -2.15. The SMILES string of the molecule is C.COC(=O)n1ccnc1.O=C(n1ccnc1)n1ccnc1. The zero-order valence-corrected chi connectivity index (χ0v) is 11.1. The number of aromatic nitrogens is 6. The van der Waals surface area contributed by atoms with Crippen molar-refractivity contribution in [2.75, 3.05) is 7.11 Å². The summed E-state index contributed by atoms with van der Waals surface area (Å²) < 4.78 is 8.38. The van der Waals surface area contributed by atoms with Crippen LogP contribution in [0.1, 0.15) is 7.43 Å². The molecule has 0 N–H and O–H groups in total. The van der Waals surface area contributed by atoms with Gasteiger partial charge in [0.2, 0.25) is 0 Å². The molecule has 0 amide bonds. The summed E-state index contributed by atoms with van der Waals surface area (Å²) in [6.07, 6.45) is 13.2. The number of nitrogens with zero attached hydrogens (tertiary/aromatic N) is 6. The highest BCUT2D eigenvalue weighted by Crippen LogP contribution is 1.92. The first-order chi connectivity index (χ1) is 10.2. The van der Waals surface area contributed by atoms with E-state index in [9.17, 15) is 9.59 Å². The zero-order valence-electron chi connectivity index (χ0n) is 11.1. The third kappa shape index (κ3) is 4.13. The number of methoxy groups -OCH3 is 1. The van der Waals surface area contributed by atoms with Gasteiger partial charge in [0, 0.05) is 37.2 Å². The predicted octanol–water partition coefficient (Wildman–Crippen LogP) is 1.73. The van der Waals surface area contributed by atoms with Crippen molar-refractivity contribution >= 4 is 12.1 Å². The van der Waals surface area contributed by atoms with Crippen molar-refractivity contribution in [1.82, 2.24) is 28.7 Å². The Morgan fingerprint density at radius 1 is 0.818 bits per heavy atom. The molecule has 0 aromatic carbocycles. The van der Waals surface area contributed by atoms with Crippen LogP contribution < -0.4 is 0 Å². The average Bonchev–Trinajstić information content (AvgIpc) is 3.29. The molecule has 0 aliphatic rings. The molecule has 0 unspecified atom stereocenters. The predicted molar refractivity (Wildman–Crippen MR) is 77.4 cm³/mol. The van der Waals surface area contributed by atoms with Crippen molar-refractivity contribution in [1.29, 1.82) is 0 Å². The largest absolute Gasteiger partial charge is 0.452 e. The van der Waals surface area contributed by atoms with E-state index in [1.54, 1.807) is 24.8 Å². The summed E-state index contributed by atoms with van der Waals surface area (Å²) in [7, 11) is 1.32. The van der Waals surface area contributed by atoms with E-state index in [2.05, 4.69) is 19.7 Å². The zero-order chi connectivity index (χ0) is 15.1. The van der Waals surface area contributed by atoms with E-state index in [1.165, 1.54) is 52.2 Å². The maximum atomic E-state index is 11.4. The molecule has 0 fully saturated rings. The normalized spacial score (nSPS) is 9.14. The van der Waals surface area contributed by atoms with Gasteiger partial charge in [0.25, 0.3) is 0 Å². The number of carbonyl (C=O) groups is 2. The Morgan fingerprint density at radius 2 is 1.23 bits per heavy atom. The van der Waals surface area contributed by atoms with Gasteiger partial charge >= 0.3 is 12.1 Å². The Kier molecular flexibility index (Phi) is 6.23. The molecule has 0 saturated carbocycles. The first-order valence-electron chi connectivity index (χ1n) is 5.79. The van der Waals surface area contributed by atoms with Crippen molar-refractivity contribution in [2.24, 2.45) is 0 Å². The van der Waals surface area contributed by atoms with E-state index >= 15 is 0 Å². The topological polar surface area (TPSA) is 96.8 Å². The molecule has 116 valence electrons. The van der Waals surface area contributed by atoms with Gasteiger partial charge in [-0.1, -0.05) is 7.43 Å². The lowest BCUT2D eigenvalue weighted by Gasteiger charge is -1.98. The average molecular weight is 304 g/mol. The second kappa shape index (κ2) is 8.15. The van der Waals surface area contributed by atoms with Gasteiger partial charge in [-0.3, -0.25) is 9.13 Å². The summed E-state index contributed by atoms with van der Waals surface area (Å²) in [5.41, 5.74) is 0. The maximum absolute atomic E-state index is 11.4. The molecule has 3 aromatic heterocycles. The van der Waals surface area contributed by atoms with Crippen LogP contribution in [0.4, 0.5) is 9.59 Å². The van der Waals surface area contributed by atoms with E-state index < -0.39 is 6.09 Å². The van der Waals surface area contributed by atoms with Crippen molar-refractivity contribution in [3.8, 4) is 0 Å². The summed E-state index contributed by atoms with van der Waals surface area (Å²) >= 11 is 0. The molecule has 3 aromatic rings. The van der Waals surface area contributed by atoms with Crippen LogP contribution in [0.2, 0.25) is 0 Å². The van der Waals surface area contributed by atoms with Gasteiger partial charge in [0.05, 0.1) is 7.11 Å². The summed E-state index contributed by atoms with van der Waals surface area (Å²) in [5.74, 6) is 0. The Hall–Kier alpha value is -3.23. The number of hydrogen-bond acceptors (Lipinski definition) is 6. The van der Waals surface area contributed by atoms with Crippen LogP contribution in [0.3, 0.4) is 0 Å². The Balaban J connectivity index is 0.000000219. The molecule has 3 heterocycles. The minimum absolute atomic E-state index is 0. The molecular formula is C13H16N6O3. The molecule has 0 bridgehead atoms. The molecule has 0 aliphatic heterocycles. The Labute approximate surface area is 126 Å². The second-order valence-electron chi connectivity index (χ2n) is 3.66. The molecule has 22 heavy (non-hydrogen) atoms. The number of imidazole rings is 3. The van der Waals surface area contributed by atoms with Crippen LogP contribution in [-0.4, -0.2) is 47.9 Å². The van der Waals surface area contributed by atoms with Crippen LogP contribution in [-0.2, 0) is 4.74 Å². The van der Waals surface area contributed by atoms with Gasteiger partial charge in [0.1, 0.15) is 19.0 Å². The molecule has 0 saturated heterocycles. The van der Waals surface area contributed by atoms with Gasteiger partial charge < -0.3 is 4.74 Å². The second-order valence-corrected chi connectivity index (χ2v) is 3.66. The van der Waals surface area contributed by atoms with Crippen molar-refractivity contribution < 1.29 is 14.3 Å². The maximum Gasteiger partial charge on any atom is 0.418 e. The smallest absolute Gasteiger partial charge is 0.418 e. The van der Waals surface area contributed by atoms with Crippen molar-refractivity contribution in [3.05, 3.63) is 56.2 Å². The molecule has 3 rings (SSSR count). The lowest BCUT2D eigenvalue weighted by molar-refractivity contribution is 0.173. The van der Waals surface area contributed by atoms with Crippen LogP contribution in [0.5, 0.6) is 0 Å². The van der Waals surface area contributed by atoms with E-state index in [-0.39, 0.29) is 13.5 Å². The highest BCUT2D eigenvalue weighted by Gasteiger charge is 2.03. The fourth-order valence-corrected chi connectivity index (χ4v) is 1.35. The van der Waals surface area contributed by atoms with E-state index in [1.807, 2.05) is 0 Å². The third-order valence-corrected chi connectivity index (χ3v) is 2.34. The number of ether oxygens (including phenoxy) is 1. The fraction of sp³-hybridized carbons (Fsp3) is 0.154. The fourth-order valence-electron chi connectivity index (χ4n) is 1.35. The van der Waals surface area contributed by atoms with E-state index in [0.717, 1.165) is 0 Å². The lowest BCUT2D eigenvalue weighted by atomic mass is 10.8. The first-order valence-corrected chi connectivity index (χ1v) is 5.79. The van der Waals surface area contributed by atoms with Crippen LogP contribution in [0.25, 0.3) is 0 Å². The summed E-state index contributed by atoms with van der Waals surface area (Å²) in [6.45, 7) is 0. The van der Waals surface area contributed by atoms with Gasteiger partial charge in [-0.2, -0.15) is 0 Å².